The lowest BCUT2D eigenvalue weighted by atomic mass is 10.2. The molecule has 0 aliphatic heterocycles. The molecule has 4 nitrogen and oxygen atoms in total. The van der Waals surface area contributed by atoms with Gasteiger partial charge in [-0.05, 0) is 24.8 Å². The minimum atomic E-state index is 0.377. The first-order chi connectivity index (χ1) is 7.18. The Balaban J connectivity index is 2.20. The zero-order valence-electron chi connectivity index (χ0n) is 8.68. The van der Waals surface area contributed by atoms with Crippen LogP contribution in [0, 0.1) is 5.92 Å². The summed E-state index contributed by atoms with van der Waals surface area (Å²) < 4.78 is 0. The maximum atomic E-state index is 5.64. The Morgan fingerprint density at radius 1 is 1.67 bits per heavy atom. The Kier molecular flexibility index (Phi) is 2.81. The van der Waals surface area contributed by atoms with Gasteiger partial charge in [-0.25, -0.2) is 0 Å². The first-order valence-corrected chi connectivity index (χ1v) is 5.42. The Morgan fingerprint density at radius 3 is 3.00 bits per heavy atom. The monoisotopic (exact) mass is 222 g/mol. The molecule has 5 heteroatoms. The van der Waals surface area contributed by atoms with Crippen LogP contribution >= 0.6 is 12.2 Å². The van der Waals surface area contributed by atoms with E-state index < -0.39 is 0 Å². The molecule has 0 saturated heterocycles. The molecule has 15 heavy (non-hydrogen) atoms. The summed E-state index contributed by atoms with van der Waals surface area (Å²) >= 11 is 4.98. The van der Waals surface area contributed by atoms with Crippen molar-refractivity contribution in [2.45, 2.75) is 12.8 Å². The largest absolute Gasteiger partial charge is 0.389 e. The molecule has 1 saturated carbocycles. The van der Waals surface area contributed by atoms with Crippen molar-refractivity contribution in [1.82, 2.24) is 10.2 Å². The van der Waals surface area contributed by atoms with Gasteiger partial charge in [0.25, 0.3) is 0 Å². The Morgan fingerprint density at radius 2 is 2.40 bits per heavy atom. The van der Waals surface area contributed by atoms with E-state index in [1.807, 2.05) is 13.1 Å². The van der Waals surface area contributed by atoms with Gasteiger partial charge in [-0.3, -0.25) is 0 Å². The third kappa shape index (κ3) is 2.41. The molecule has 80 valence electrons. The van der Waals surface area contributed by atoms with Crippen LogP contribution in [0.4, 0.5) is 5.82 Å². The Bertz CT molecular complexity index is 375. The predicted molar refractivity (Wildman–Crippen MR) is 63.9 cm³/mol. The number of hydrogen-bond donors (Lipinski definition) is 1. The van der Waals surface area contributed by atoms with E-state index in [4.69, 9.17) is 18.0 Å². The van der Waals surface area contributed by atoms with E-state index >= 15 is 0 Å². The zero-order chi connectivity index (χ0) is 10.8. The third-order valence-electron chi connectivity index (χ3n) is 2.56. The third-order valence-corrected chi connectivity index (χ3v) is 2.78. The number of aromatic nitrogens is 2. The lowest BCUT2D eigenvalue weighted by Gasteiger charge is -2.19. The number of thiocarbonyl (C=S) groups is 1. The van der Waals surface area contributed by atoms with Gasteiger partial charge >= 0.3 is 0 Å². The topological polar surface area (TPSA) is 55.0 Å². The first kappa shape index (κ1) is 10.3. The molecule has 1 aromatic heterocycles. The van der Waals surface area contributed by atoms with Crippen molar-refractivity contribution >= 4 is 23.0 Å². The molecular formula is C10H14N4S. The molecule has 2 N–H and O–H groups in total. The molecule has 0 spiro atoms. The molecule has 0 aromatic carbocycles. The average Bonchev–Trinajstić information content (AvgIpc) is 3.01. The van der Waals surface area contributed by atoms with Gasteiger partial charge in [-0.1, -0.05) is 12.2 Å². The van der Waals surface area contributed by atoms with Crippen LogP contribution in [0.2, 0.25) is 0 Å². The maximum absolute atomic E-state index is 5.64. The second kappa shape index (κ2) is 4.10. The van der Waals surface area contributed by atoms with Crippen LogP contribution in [0.25, 0.3) is 0 Å². The second-order valence-electron chi connectivity index (χ2n) is 3.96. The molecule has 0 atom stereocenters. The first-order valence-electron chi connectivity index (χ1n) is 5.01. The van der Waals surface area contributed by atoms with Gasteiger partial charge in [0.05, 0.1) is 11.8 Å². The van der Waals surface area contributed by atoms with Gasteiger partial charge in [-0.2, -0.15) is 5.10 Å². The predicted octanol–water partition coefficient (Wildman–Crippen LogP) is 0.957. The highest BCUT2D eigenvalue weighted by atomic mass is 32.1. The van der Waals surface area contributed by atoms with Gasteiger partial charge in [0.1, 0.15) is 4.99 Å². The summed E-state index contributed by atoms with van der Waals surface area (Å²) in [6.45, 7) is 1.01. The maximum Gasteiger partial charge on any atom is 0.161 e. The lowest BCUT2D eigenvalue weighted by molar-refractivity contribution is 0.767. The minimum Gasteiger partial charge on any atom is -0.389 e. The summed E-state index contributed by atoms with van der Waals surface area (Å²) in [6.07, 6.45) is 4.24. The Labute approximate surface area is 94.5 Å². The summed E-state index contributed by atoms with van der Waals surface area (Å²) in [5, 5.41) is 7.96. The normalized spacial score (nSPS) is 15.0. The van der Waals surface area contributed by atoms with Crippen LogP contribution in [0.5, 0.6) is 0 Å². The van der Waals surface area contributed by atoms with Gasteiger partial charge in [-0.15, -0.1) is 5.10 Å². The minimum absolute atomic E-state index is 0.377. The molecule has 0 unspecified atom stereocenters. The van der Waals surface area contributed by atoms with Crippen LogP contribution in [0.1, 0.15) is 18.4 Å². The van der Waals surface area contributed by atoms with Crippen molar-refractivity contribution in [1.29, 1.82) is 0 Å². The SMILES string of the molecule is CN(CC1CC1)c1nnccc1C(N)=S. The quantitative estimate of drug-likeness (QED) is 0.769. The summed E-state index contributed by atoms with van der Waals surface area (Å²) in [5.41, 5.74) is 6.44. The van der Waals surface area contributed by atoms with E-state index in [0.717, 1.165) is 23.8 Å². The molecule has 0 amide bonds. The van der Waals surface area contributed by atoms with E-state index in [-0.39, 0.29) is 0 Å². The fraction of sp³-hybridized carbons (Fsp3) is 0.500. The number of rotatable bonds is 4. The highest BCUT2D eigenvalue weighted by Gasteiger charge is 2.24. The van der Waals surface area contributed by atoms with Crippen LogP contribution in [-0.2, 0) is 0 Å². The van der Waals surface area contributed by atoms with Gasteiger partial charge in [0, 0.05) is 13.6 Å². The molecule has 1 fully saturated rings. The fourth-order valence-corrected chi connectivity index (χ4v) is 1.73. The van der Waals surface area contributed by atoms with Crippen molar-refractivity contribution < 1.29 is 0 Å². The van der Waals surface area contributed by atoms with E-state index in [1.165, 1.54) is 12.8 Å². The second-order valence-corrected chi connectivity index (χ2v) is 4.40. The number of nitrogens with zero attached hydrogens (tertiary/aromatic N) is 3. The summed E-state index contributed by atoms with van der Waals surface area (Å²) in [6, 6.07) is 1.81. The molecular weight excluding hydrogens is 208 g/mol. The van der Waals surface area contributed by atoms with Crippen LogP contribution in [0.3, 0.4) is 0 Å². The summed E-state index contributed by atoms with van der Waals surface area (Å²) in [5.74, 6) is 1.59. The van der Waals surface area contributed by atoms with E-state index in [1.54, 1.807) is 6.20 Å². The average molecular weight is 222 g/mol. The highest BCUT2D eigenvalue weighted by Crippen LogP contribution is 2.30. The van der Waals surface area contributed by atoms with Gasteiger partial charge in [0.15, 0.2) is 5.82 Å². The molecule has 1 aliphatic carbocycles. The molecule has 0 bridgehead atoms. The highest BCUT2D eigenvalue weighted by molar-refractivity contribution is 7.80. The van der Waals surface area contributed by atoms with E-state index in [9.17, 15) is 0 Å². The van der Waals surface area contributed by atoms with Crippen LogP contribution in [0.15, 0.2) is 12.3 Å². The van der Waals surface area contributed by atoms with Gasteiger partial charge < -0.3 is 10.6 Å². The van der Waals surface area contributed by atoms with Gasteiger partial charge in [0.2, 0.25) is 0 Å². The molecule has 0 radical (unpaired) electrons. The fourth-order valence-electron chi connectivity index (χ4n) is 1.57. The number of hydrogen-bond acceptors (Lipinski definition) is 4. The van der Waals surface area contributed by atoms with Crippen molar-refractivity contribution in [2.75, 3.05) is 18.5 Å². The van der Waals surface area contributed by atoms with Crippen LogP contribution < -0.4 is 10.6 Å². The zero-order valence-corrected chi connectivity index (χ0v) is 9.50. The standard InChI is InChI=1S/C10H14N4S/c1-14(6-7-2-3-7)10-8(9(11)15)4-5-12-13-10/h4-5,7H,2-3,6H2,1H3,(H2,11,15). The number of anilines is 1. The van der Waals surface area contributed by atoms with E-state index in [2.05, 4.69) is 15.1 Å². The molecule has 2 rings (SSSR count). The number of nitrogens with two attached hydrogens (primary N) is 1. The lowest BCUT2D eigenvalue weighted by Crippen LogP contribution is -2.25. The van der Waals surface area contributed by atoms with Crippen molar-refractivity contribution in [3.63, 3.8) is 0 Å². The van der Waals surface area contributed by atoms with Crippen molar-refractivity contribution in [3.05, 3.63) is 17.8 Å². The van der Waals surface area contributed by atoms with E-state index in [0.29, 0.717) is 4.99 Å². The van der Waals surface area contributed by atoms with Crippen molar-refractivity contribution in [2.24, 2.45) is 11.7 Å². The molecule has 1 aliphatic rings. The molecule has 1 heterocycles. The van der Waals surface area contributed by atoms with Crippen molar-refractivity contribution in [3.8, 4) is 0 Å². The summed E-state index contributed by atoms with van der Waals surface area (Å²) in [4.78, 5) is 2.46. The molecule has 1 aromatic rings. The smallest absolute Gasteiger partial charge is 0.161 e. The summed E-state index contributed by atoms with van der Waals surface area (Å²) in [7, 11) is 2.00. The Hall–Kier alpha value is -1.23. The van der Waals surface area contributed by atoms with Crippen LogP contribution in [-0.4, -0.2) is 28.8 Å².